The molecule has 2 aromatic rings. The number of morpholine rings is 1. The third-order valence-corrected chi connectivity index (χ3v) is 8.56. The number of hydrogen-bond acceptors (Lipinski definition) is 4. The average Bonchev–Trinajstić information content (AvgIpc) is 3.29. The number of benzene rings is 1. The molecule has 2 heterocycles. The zero-order valence-electron chi connectivity index (χ0n) is 19.5. The van der Waals surface area contributed by atoms with Gasteiger partial charge in [-0.25, -0.2) is 4.68 Å². The number of nitrogens with one attached hydrogen (secondary N) is 1. The number of carbonyl (C=O) groups excluding carboxylic acids is 1. The molecule has 1 aromatic carbocycles. The lowest BCUT2D eigenvalue weighted by molar-refractivity contribution is -0.00770. The number of amides is 1. The van der Waals surface area contributed by atoms with Crippen molar-refractivity contribution in [2.45, 2.75) is 50.4 Å². The van der Waals surface area contributed by atoms with E-state index in [0.29, 0.717) is 6.54 Å². The van der Waals surface area contributed by atoms with Crippen molar-refractivity contribution in [2.75, 3.05) is 39.4 Å². The molecule has 5 aliphatic rings. The molecule has 1 amide bonds. The van der Waals surface area contributed by atoms with Crippen molar-refractivity contribution in [1.82, 2.24) is 20.0 Å². The highest BCUT2D eigenvalue weighted by Gasteiger charge is 2.53. The molecule has 0 spiro atoms. The van der Waals surface area contributed by atoms with E-state index in [2.05, 4.69) is 22.3 Å². The molecule has 1 saturated heterocycles. The molecular formula is C27H36N4O2. The van der Waals surface area contributed by atoms with Crippen LogP contribution in [0.1, 0.15) is 61.0 Å². The molecule has 5 fully saturated rings. The lowest BCUT2D eigenvalue weighted by Gasteiger charge is -2.56. The molecule has 4 saturated carbocycles. The molecule has 33 heavy (non-hydrogen) atoms. The predicted octanol–water partition coefficient (Wildman–Crippen LogP) is 3.79. The molecule has 4 bridgehead atoms. The molecular weight excluding hydrogens is 412 g/mol. The van der Waals surface area contributed by atoms with Crippen molar-refractivity contribution < 1.29 is 9.53 Å². The molecule has 1 aliphatic heterocycles. The van der Waals surface area contributed by atoms with Crippen LogP contribution in [0.3, 0.4) is 0 Å². The Balaban J connectivity index is 1.23. The Kier molecular flexibility index (Phi) is 5.75. The SMILES string of the molecule is O=C(NCCCN1CCOCC1)c1cn(-c2ccccc2)nc1C12CC3CC(CC(C3)C1)C2. The zero-order valence-corrected chi connectivity index (χ0v) is 19.5. The van der Waals surface area contributed by atoms with Crippen molar-refractivity contribution in [1.29, 1.82) is 0 Å². The molecule has 0 radical (unpaired) electrons. The van der Waals surface area contributed by atoms with Gasteiger partial charge in [0.2, 0.25) is 0 Å². The summed E-state index contributed by atoms with van der Waals surface area (Å²) in [5, 5.41) is 8.35. The summed E-state index contributed by atoms with van der Waals surface area (Å²) in [6.07, 6.45) is 10.8. The summed E-state index contributed by atoms with van der Waals surface area (Å²) in [7, 11) is 0. The minimum atomic E-state index is 0.0462. The van der Waals surface area contributed by atoms with Gasteiger partial charge in [-0.1, -0.05) is 18.2 Å². The summed E-state index contributed by atoms with van der Waals surface area (Å²) < 4.78 is 7.37. The fraction of sp³-hybridized carbons (Fsp3) is 0.630. The minimum absolute atomic E-state index is 0.0462. The van der Waals surface area contributed by atoms with Gasteiger partial charge in [0.1, 0.15) is 0 Å². The van der Waals surface area contributed by atoms with Crippen LogP contribution in [0.2, 0.25) is 0 Å². The van der Waals surface area contributed by atoms with Crippen LogP contribution in [0.15, 0.2) is 36.5 Å². The van der Waals surface area contributed by atoms with Crippen LogP contribution < -0.4 is 5.32 Å². The van der Waals surface area contributed by atoms with Crippen LogP contribution in [0, 0.1) is 17.8 Å². The standard InChI is InChI=1S/C27H36N4O2/c32-26(28-7-4-8-30-9-11-33-12-10-30)24-19-31(23-5-2-1-3-6-23)29-25(24)27-16-20-13-21(17-27)15-22(14-20)18-27/h1-3,5-6,19-22H,4,7-18H2,(H,28,32). The third kappa shape index (κ3) is 4.24. The number of carbonyl (C=O) groups is 1. The Morgan fingerprint density at radius 2 is 1.70 bits per heavy atom. The van der Waals surface area contributed by atoms with Crippen molar-refractivity contribution in [3.8, 4) is 5.69 Å². The minimum Gasteiger partial charge on any atom is -0.379 e. The summed E-state index contributed by atoms with van der Waals surface area (Å²) in [6, 6.07) is 10.2. The summed E-state index contributed by atoms with van der Waals surface area (Å²) in [4.78, 5) is 15.9. The molecule has 6 nitrogen and oxygen atoms in total. The van der Waals surface area contributed by atoms with Gasteiger partial charge >= 0.3 is 0 Å². The van der Waals surface area contributed by atoms with Gasteiger partial charge in [0.15, 0.2) is 0 Å². The summed E-state index contributed by atoms with van der Waals surface area (Å²) in [5.41, 5.74) is 2.98. The second kappa shape index (κ2) is 8.88. The van der Waals surface area contributed by atoms with Crippen LogP contribution in [-0.4, -0.2) is 60.0 Å². The quantitative estimate of drug-likeness (QED) is 0.655. The third-order valence-electron chi connectivity index (χ3n) is 8.56. The number of aromatic nitrogens is 2. The molecule has 6 heteroatoms. The highest BCUT2D eigenvalue weighted by atomic mass is 16.5. The summed E-state index contributed by atoms with van der Waals surface area (Å²) in [6.45, 7) is 5.34. The summed E-state index contributed by atoms with van der Waals surface area (Å²) in [5.74, 6) is 2.51. The van der Waals surface area contributed by atoms with Crippen molar-refractivity contribution in [3.63, 3.8) is 0 Å². The predicted molar refractivity (Wildman–Crippen MR) is 128 cm³/mol. The van der Waals surface area contributed by atoms with E-state index in [4.69, 9.17) is 9.84 Å². The Morgan fingerprint density at radius 3 is 2.36 bits per heavy atom. The molecule has 1 aromatic heterocycles. The maximum Gasteiger partial charge on any atom is 0.254 e. The Hall–Kier alpha value is -2.18. The highest BCUT2D eigenvalue weighted by Crippen LogP contribution is 2.60. The fourth-order valence-corrected chi connectivity index (χ4v) is 7.47. The average molecular weight is 449 g/mol. The van der Waals surface area contributed by atoms with Crippen molar-refractivity contribution in [2.24, 2.45) is 17.8 Å². The van der Waals surface area contributed by atoms with E-state index in [1.54, 1.807) is 0 Å². The van der Waals surface area contributed by atoms with E-state index in [9.17, 15) is 4.79 Å². The van der Waals surface area contributed by atoms with Crippen LogP contribution in [0.5, 0.6) is 0 Å². The second-order valence-corrected chi connectivity index (χ2v) is 10.9. The van der Waals surface area contributed by atoms with E-state index in [-0.39, 0.29) is 11.3 Å². The van der Waals surface area contributed by atoms with E-state index in [1.165, 1.54) is 38.5 Å². The largest absolute Gasteiger partial charge is 0.379 e. The lowest BCUT2D eigenvalue weighted by Crippen LogP contribution is -2.49. The molecule has 7 rings (SSSR count). The van der Waals surface area contributed by atoms with Gasteiger partial charge in [-0.05, 0) is 81.4 Å². The van der Waals surface area contributed by atoms with Gasteiger partial charge in [-0.2, -0.15) is 5.10 Å². The molecule has 1 N–H and O–H groups in total. The van der Waals surface area contributed by atoms with Crippen molar-refractivity contribution >= 4 is 5.91 Å². The van der Waals surface area contributed by atoms with Gasteiger partial charge in [-0.3, -0.25) is 9.69 Å². The first-order valence-corrected chi connectivity index (χ1v) is 12.9. The van der Waals surface area contributed by atoms with E-state index < -0.39 is 0 Å². The first kappa shape index (κ1) is 21.4. The number of ether oxygens (including phenoxy) is 1. The Bertz CT molecular complexity index is 944. The Morgan fingerprint density at radius 1 is 1.03 bits per heavy atom. The van der Waals surface area contributed by atoms with Crippen LogP contribution in [0.25, 0.3) is 5.69 Å². The first-order valence-electron chi connectivity index (χ1n) is 12.9. The van der Waals surface area contributed by atoms with Crippen LogP contribution in [0.4, 0.5) is 0 Å². The second-order valence-electron chi connectivity index (χ2n) is 10.9. The Labute approximate surface area is 196 Å². The lowest BCUT2D eigenvalue weighted by atomic mass is 9.48. The highest BCUT2D eigenvalue weighted by molar-refractivity contribution is 5.95. The fourth-order valence-electron chi connectivity index (χ4n) is 7.47. The molecule has 4 aliphatic carbocycles. The van der Waals surface area contributed by atoms with E-state index in [0.717, 1.165) is 74.0 Å². The molecule has 176 valence electrons. The monoisotopic (exact) mass is 448 g/mol. The molecule has 0 unspecified atom stereocenters. The van der Waals surface area contributed by atoms with Gasteiger partial charge in [0, 0.05) is 31.2 Å². The van der Waals surface area contributed by atoms with Gasteiger partial charge in [0.05, 0.1) is 30.2 Å². The molecule has 0 atom stereocenters. The van der Waals surface area contributed by atoms with E-state index >= 15 is 0 Å². The zero-order chi connectivity index (χ0) is 22.3. The van der Waals surface area contributed by atoms with E-state index in [1.807, 2.05) is 29.1 Å². The van der Waals surface area contributed by atoms with Crippen LogP contribution >= 0.6 is 0 Å². The normalized spacial score (nSPS) is 31.1. The van der Waals surface area contributed by atoms with Crippen LogP contribution in [-0.2, 0) is 10.2 Å². The number of nitrogens with zero attached hydrogens (tertiary/aromatic N) is 3. The maximum atomic E-state index is 13.5. The van der Waals surface area contributed by atoms with Crippen molar-refractivity contribution in [3.05, 3.63) is 47.8 Å². The smallest absolute Gasteiger partial charge is 0.254 e. The number of hydrogen-bond donors (Lipinski definition) is 1. The maximum absolute atomic E-state index is 13.5. The van der Waals surface area contributed by atoms with Gasteiger partial charge in [-0.15, -0.1) is 0 Å². The van der Waals surface area contributed by atoms with Gasteiger partial charge in [0.25, 0.3) is 5.91 Å². The summed E-state index contributed by atoms with van der Waals surface area (Å²) >= 11 is 0. The number of rotatable bonds is 7. The first-order chi connectivity index (χ1) is 16.2. The van der Waals surface area contributed by atoms with Gasteiger partial charge < -0.3 is 10.1 Å². The number of para-hydroxylation sites is 1. The topological polar surface area (TPSA) is 59.4 Å².